The highest BCUT2D eigenvalue weighted by atomic mass is 32.1. The molecule has 2 aromatic heterocycles. The average Bonchev–Trinajstić information content (AvgIpc) is 3.25. The highest BCUT2D eigenvalue weighted by Crippen LogP contribution is 2.30. The molecule has 0 saturated heterocycles. The lowest BCUT2D eigenvalue weighted by atomic mass is 10.1. The van der Waals surface area contributed by atoms with Crippen LogP contribution in [-0.4, -0.2) is 35.3 Å². The third-order valence-corrected chi connectivity index (χ3v) is 4.51. The maximum absolute atomic E-state index is 13.1. The first-order chi connectivity index (χ1) is 12.4. The van der Waals surface area contributed by atoms with Crippen molar-refractivity contribution in [1.29, 1.82) is 0 Å². The molecule has 0 fully saturated rings. The molecule has 1 aromatic carbocycles. The van der Waals surface area contributed by atoms with Crippen LogP contribution in [0.15, 0.2) is 47.1 Å². The summed E-state index contributed by atoms with van der Waals surface area (Å²) in [6, 6.07) is 9.15. The second kappa shape index (κ2) is 7.49. The Morgan fingerprint density at radius 3 is 2.65 bits per heavy atom. The number of anilines is 1. The van der Waals surface area contributed by atoms with E-state index >= 15 is 0 Å². The minimum atomic E-state index is -0.382. The molecule has 0 atom stereocenters. The molecule has 0 aliphatic rings. The number of hydrogen-bond acceptors (Lipinski definition) is 5. The first-order valence-corrected chi connectivity index (χ1v) is 8.58. The second-order valence-corrected chi connectivity index (χ2v) is 6.82. The van der Waals surface area contributed by atoms with Gasteiger partial charge in [0.25, 0.3) is 5.91 Å². The molecule has 134 valence electrons. The smallest absolute Gasteiger partial charge is 0.289 e. The van der Waals surface area contributed by atoms with E-state index in [9.17, 15) is 14.0 Å². The monoisotopic (exact) mass is 373 g/mol. The molecule has 26 heavy (non-hydrogen) atoms. The van der Waals surface area contributed by atoms with Gasteiger partial charge >= 0.3 is 0 Å². The summed E-state index contributed by atoms with van der Waals surface area (Å²) in [6.45, 7) is 1.74. The second-order valence-electron chi connectivity index (χ2n) is 5.62. The van der Waals surface area contributed by atoms with Gasteiger partial charge in [-0.2, -0.15) is 0 Å². The van der Waals surface area contributed by atoms with Gasteiger partial charge in [-0.3, -0.25) is 9.59 Å². The van der Waals surface area contributed by atoms with Gasteiger partial charge in [0.1, 0.15) is 12.4 Å². The van der Waals surface area contributed by atoms with E-state index in [1.54, 1.807) is 18.2 Å². The summed E-state index contributed by atoms with van der Waals surface area (Å²) >= 11 is 1.32. The lowest BCUT2D eigenvalue weighted by Gasteiger charge is -2.14. The summed E-state index contributed by atoms with van der Waals surface area (Å²) in [5.41, 5.74) is 1.45. The van der Waals surface area contributed by atoms with E-state index in [4.69, 9.17) is 4.42 Å². The minimum absolute atomic E-state index is 0.135. The number of nitrogens with zero attached hydrogens (tertiary/aromatic N) is 2. The van der Waals surface area contributed by atoms with Gasteiger partial charge in [-0.15, -0.1) is 11.3 Å². The van der Waals surface area contributed by atoms with Crippen LogP contribution < -0.4 is 5.32 Å². The van der Waals surface area contributed by atoms with Crippen LogP contribution in [0.5, 0.6) is 0 Å². The first-order valence-electron chi connectivity index (χ1n) is 7.76. The molecule has 2 amide bonds. The lowest BCUT2D eigenvalue weighted by Crippen LogP contribution is -2.34. The van der Waals surface area contributed by atoms with Gasteiger partial charge in [-0.25, -0.2) is 9.37 Å². The van der Waals surface area contributed by atoms with Crippen molar-refractivity contribution >= 4 is 28.3 Å². The molecule has 0 radical (unpaired) electrons. The number of aromatic nitrogens is 1. The quantitative estimate of drug-likeness (QED) is 0.742. The number of benzene rings is 1. The van der Waals surface area contributed by atoms with Crippen molar-refractivity contribution in [1.82, 2.24) is 9.88 Å². The predicted octanol–water partition coefficient (Wildman–Crippen LogP) is 3.56. The fourth-order valence-electron chi connectivity index (χ4n) is 2.36. The van der Waals surface area contributed by atoms with Gasteiger partial charge in [0, 0.05) is 17.5 Å². The van der Waals surface area contributed by atoms with E-state index in [1.807, 2.05) is 6.92 Å². The Bertz CT molecular complexity index is 920. The summed E-state index contributed by atoms with van der Waals surface area (Å²) in [4.78, 5) is 30.8. The molecule has 0 unspecified atom stereocenters. The number of nitrogens with one attached hydrogen (secondary N) is 1. The number of furan rings is 1. The third-order valence-electron chi connectivity index (χ3n) is 3.62. The van der Waals surface area contributed by atoms with Crippen LogP contribution in [0, 0.1) is 12.7 Å². The van der Waals surface area contributed by atoms with Crippen LogP contribution in [-0.2, 0) is 4.79 Å². The summed E-state index contributed by atoms with van der Waals surface area (Å²) < 4.78 is 18.1. The Labute approximate surface area is 153 Å². The van der Waals surface area contributed by atoms with Gasteiger partial charge < -0.3 is 14.6 Å². The number of likely N-dealkylation sites (N-methyl/N-ethyl adjacent to an activating group) is 1. The van der Waals surface area contributed by atoms with Crippen LogP contribution in [0.1, 0.15) is 15.4 Å². The number of halogens is 1. The predicted molar refractivity (Wildman–Crippen MR) is 96.5 cm³/mol. The number of carbonyl (C=O) groups excluding carboxylic acids is 2. The molecule has 0 saturated carbocycles. The van der Waals surface area contributed by atoms with E-state index in [-0.39, 0.29) is 29.9 Å². The zero-order chi connectivity index (χ0) is 18.7. The molecule has 8 heteroatoms. The zero-order valence-electron chi connectivity index (χ0n) is 14.2. The van der Waals surface area contributed by atoms with Crippen molar-refractivity contribution in [3.8, 4) is 11.3 Å². The van der Waals surface area contributed by atoms with Gasteiger partial charge in [0.2, 0.25) is 5.91 Å². The highest BCUT2D eigenvalue weighted by Gasteiger charge is 2.18. The standard InChI is InChI=1S/C18H16FN3O3S/c1-11-16(12-5-7-13(19)8-6-12)21-18(26-11)20-15(23)10-22(2)17(24)14-4-3-9-25-14/h3-9H,10H2,1-2H3,(H,20,21,23). The summed E-state index contributed by atoms with van der Waals surface area (Å²) in [7, 11) is 1.52. The number of thiazole rings is 1. The van der Waals surface area contributed by atoms with Crippen LogP contribution in [0.25, 0.3) is 11.3 Å². The molecule has 0 aliphatic carbocycles. The fourth-order valence-corrected chi connectivity index (χ4v) is 3.21. The number of hydrogen-bond donors (Lipinski definition) is 1. The minimum Gasteiger partial charge on any atom is -0.459 e. The molecule has 1 N–H and O–H groups in total. The van der Waals surface area contributed by atoms with E-state index in [2.05, 4.69) is 10.3 Å². The molecule has 0 bridgehead atoms. The Morgan fingerprint density at radius 1 is 1.27 bits per heavy atom. The van der Waals surface area contributed by atoms with E-state index < -0.39 is 0 Å². The summed E-state index contributed by atoms with van der Waals surface area (Å²) in [5, 5.41) is 3.11. The van der Waals surface area contributed by atoms with Crippen LogP contribution in [0.4, 0.5) is 9.52 Å². The van der Waals surface area contributed by atoms with Gasteiger partial charge in [0.15, 0.2) is 10.9 Å². The van der Waals surface area contributed by atoms with Crippen molar-refractivity contribution in [3.05, 3.63) is 59.1 Å². The largest absolute Gasteiger partial charge is 0.459 e. The molecule has 3 aromatic rings. The molecule has 0 aliphatic heterocycles. The number of aryl methyl sites for hydroxylation is 1. The third kappa shape index (κ3) is 3.97. The van der Waals surface area contributed by atoms with Crippen molar-refractivity contribution in [2.24, 2.45) is 0 Å². The van der Waals surface area contributed by atoms with Crippen molar-refractivity contribution in [2.45, 2.75) is 6.92 Å². The van der Waals surface area contributed by atoms with E-state index in [1.165, 1.54) is 47.7 Å². The fraction of sp³-hybridized carbons (Fsp3) is 0.167. The Kier molecular flexibility index (Phi) is 5.13. The highest BCUT2D eigenvalue weighted by molar-refractivity contribution is 7.16. The number of rotatable bonds is 5. The van der Waals surface area contributed by atoms with Gasteiger partial charge in [0.05, 0.1) is 12.0 Å². The maximum atomic E-state index is 13.1. The van der Waals surface area contributed by atoms with Crippen molar-refractivity contribution < 1.29 is 18.4 Å². The summed E-state index contributed by atoms with van der Waals surface area (Å²) in [6.07, 6.45) is 1.40. The number of amides is 2. The molecular formula is C18H16FN3O3S. The molecule has 6 nitrogen and oxygen atoms in total. The van der Waals surface area contributed by atoms with E-state index in [0.717, 1.165) is 10.4 Å². The SMILES string of the molecule is Cc1sc(NC(=O)CN(C)C(=O)c2ccco2)nc1-c1ccc(F)cc1. The lowest BCUT2D eigenvalue weighted by molar-refractivity contribution is -0.116. The van der Waals surface area contributed by atoms with Gasteiger partial charge in [-0.1, -0.05) is 0 Å². The Hall–Kier alpha value is -3.00. The summed E-state index contributed by atoms with van der Waals surface area (Å²) in [5.74, 6) is -0.900. The van der Waals surface area contributed by atoms with Crippen molar-refractivity contribution in [2.75, 3.05) is 18.9 Å². The zero-order valence-corrected chi connectivity index (χ0v) is 15.0. The molecular weight excluding hydrogens is 357 g/mol. The molecule has 0 spiro atoms. The topological polar surface area (TPSA) is 75.4 Å². The van der Waals surface area contributed by atoms with Crippen LogP contribution in [0.3, 0.4) is 0 Å². The normalized spacial score (nSPS) is 10.6. The molecule has 3 rings (SSSR count). The number of carbonyl (C=O) groups is 2. The average molecular weight is 373 g/mol. The van der Waals surface area contributed by atoms with E-state index in [0.29, 0.717) is 10.8 Å². The molecule has 2 heterocycles. The first kappa shape index (κ1) is 17.8. The van der Waals surface area contributed by atoms with Crippen LogP contribution in [0.2, 0.25) is 0 Å². The Balaban J connectivity index is 1.65. The Morgan fingerprint density at radius 2 is 2.00 bits per heavy atom. The van der Waals surface area contributed by atoms with Crippen molar-refractivity contribution in [3.63, 3.8) is 0 Å². The van der Waals surface area contributed by atoms with Gasteiger partial charge in [-0.05, 0) is 43.3 Å². The maximum Gasteiger partial charge on any atom is 0.289 e. The van der Waals surface area contributed by atoms with Crippen LogP contribution >= 0.6 is 11.3 Å².